The minimum atomic E-state index is 0.547. The first-order chi connectivity index (χ1) is 18.3. The average molecular weight is 458 g/mol. The Hall–Kier alpha value is -4.68. The van der Waals surface area contributed by atoms with Crippen LogP contribution in [0, 0.1) is 0 Å². The zero-order chi connectivity index (χ0) is 24.8. The lowest BCUT2D eigenvalue weighted by Gasteiger charge is -2.18. The molecule has 7 aromatic rings. The van der Waals surface area contributed by atoms with E-state index in [1.807, 2.05) is 18.2 Å². The van der Waals surface area contributed by atoms with Crippen molar-refractivity contribution in [1.82, 2.24) is 0 Å². The largest absolute Gasteiger partial charge is 0.0629 e. The molecule has 0 saturated heterocycles. The lowest BCUT2D eigenvalue weighted by molar-refractivity contribution is 1.62. The summed E-state index contributed by atoms with van der Waals surface area (Å²) in [5.74, 6) is 0. The lowest BCUT2D eigenvalue weighted by atomic mass is 9.86. The molecule has 0 bridgehead atoms. The minimum Gasteiger partial charge on any atom is -0.0622 e. The molecule has 0 aliphatic heterocycles. The summed E-state index contributed by atoms with van der Waals surface area (Å²) >= 11 is 0. The topological polar surface area (TPSA) is 0 Å². The summed E-state index contributed by atoms with van der Waals surface area (Å²) in [4.78, 5) is 0. The summed E-state index contributed by atoms with van der Waals surface area (Å²) < 4.78 is 8.63. The van der Waals surface area contributed by atoms with Crippen LogP contribution in [0.5, 0.6) is 0 Å². The third-order valence-corrected chi connectivity index (χ3v) is 7.17. The van der Waals surface area contributed by atoms with E-state index in [1.165, 1.54) is 54.6 Å². The summed E-state index contributed by atoms with van der Waals surface area (Å²) in [5, 5.41) is 7.28. The second-order valence-corrected chi connectivity index (χ2v) is 9.26. The van der Waals surface area contributed by atoms with Crippen LogP contribution < -0.4 is 0 Å². The van der Waals surface area contributed by atoms with Crippen molar-refractivity contribution in [3.8, 4) is 33.4 Å². The number of rotatable bonds is 3. The van der Waals surface area contributed by atoms with Crippen molar-refractivity contribution < 1.29 is 1.37 Å². The Morgan fingerprint density at radius 2 is 0.833 bits per heavy atom. The number of fused-ring (bicyclic) bond motifs is 3. The van der Waals surface area contributed by atoms with Gasteiger partial charge >= 0.3 is 0 Å². The highest BCUT2D eigenvalue weighted by molar-refractivity contribution is 6.21. The molecular weight excluding hydrogens is 432 g/mol. The van der Waals surface area contributed by atoms with Gasteiger partial charge in [0.1, 0.15) is 0 Å². The monoisotopic (exact) mass is 457 g/mol. The Labute approximate surface area is 212 Å². The first kappa shape index (κ1) is 19.6. The van der Waals surface area contributed by atoms with Gasteiger partial charge in [-0.25, -0.2) is 0 Å². The van der Waals surface area contributed by atoms with Crippen molar-refractivity contribution in [3.63, 3.8) is 0 Å². The summed E-state index contributed by atoms with van der Waals surface area (Å²) in [6.07, 6.45) is 0. The van der Waals surface area contributed by atoms with E-state index in [9.17, 15) is 0 Å². The smallest absolute Gasteiger partial charge is 0.0622 e. The molecule has 0 nitrogen and oxygen atoms in total. The molecule has 0 radical (unpaired) electrons. The van der Waals surface area contributed by atoms with Crippen LogP contribution in [-0.4, -0.2) is 0 Å². The van der Waals surface area contributed by atoms with Gasteiger partial charge in [-0.2, -0.15) is 0 Å². The van der Waals surface area contributed by atoms with Crippen LogP contribution in [0.3, 0.4) is 0 Å². The van der Waals surface area contributed by atoms with Crippen LogP contribution in [0.15, 0.2) is 146 Å². The van der Waals surface area contributed by atoms with Crippen molar-refractivity contribution in [2.24, 2.45) is 0 Å². The summed E-state index contributed by atoms with van der Waals surface area (Å²) in [7, 11) is 0. The molecule has 0 amide bonds. The van der Waals surface area contributed by atoms with E-state index >= 15 is 0 Å². The van der Waals surface area contributed by atoms with Gasteiger partial charge in [0, 0.05) is 0 Å². The van der Waals surface area contributed by atoms with Gasteiger partial charge in [-0.3, -0.25) is 0 Å². The minimum absolute atomic E-state index is 0.547. The molecule has 0 fully saturated rings. The van der Waals surface area contributed by atoms with E-state index in [0.717, 1.165) is 11.1 Å². The fourth-order valence-electron chi connectivity index (χ4n) is 5.48. The maximum Gasteiger partial charge on any atom is 0.0629 e. The Morgan fingerprint density at radius 3 is 1.47 bits per heavy atom. The van der Waals surface area contributed by atoms with Crippen LogP contribution in [-0.2, 0) is 0 Å². The Morgan fingerprint density at radius 1 is 0.333 bits per heavy atom. The molecule has 168 valence electrons. The summed E-state index contributed by atoms with van der Waals surface area (Å²) in [6.45, 7) is 0. The molecular formula is C36H24. The van der Waals surface area contributed by atoms with E-state index in [1.54, 1.807) is 0 Å². The molecule has 7 rings (SSSR count). The molecule has 0 saturated carbocycles. The molecule has 0 unspecified atom stereocenters. The molecule has 0 heteroatoms. The zero-order valence-corrected chi connectivity index (χ0v) is 19.8. The molecule has 0 heterocycles. The quantitative estimate of drug-likeness (QED) is 0.232. The summed E-state index contributed by atoms with van der Waals surface area (Å²) in [5.41, 5.74) is 6.97. The standard InChI is InChI=1S/C36H24/c1-2-11-27(12-3-1)35-31-14-6-8-16-33(31)36(34-17-9-7-15-32(34)35)28-21-18-26(19-22-28)30-23-20-25-10-4-5-13-29(25)24-30/h1-24H/i11D. The van der Waals surface area contributed by atoms with E-state index < -0.39 is 0 Å². The van der Waals surface area contributed by atoms with Gasteiger partial charge in [0.15, 0.2) is 0 Å². The van der Waals surface area contributed by atoms with Gasteiger partial charge in [-0.15, -0.1) is 0 Å². The fourth-order valence-corrected chi connectivity index (χ4v) is 5.48. The van der Waals surface area contributed by atoms with E-state index in [4.69, 9.17) is 1.37 Å². The maximum atomic E-state index is 8.63. The van der Waals surface area contributed by atoms with Crippen LogP contribution >= 0.6 is 0 Å². The predicted octanol–water partition coefficient (Wildman–Crippen LogP) is 10.1. The van der Waals surface area contributed by atoms with E-state index in [2.05, 4.69) is 121 Å². The first-order valence-corrected chi connectivity index (χ1v) is 12.4. The summed E-state index contributed by atoms with van der Waals surface area (Å²) in [6, 6.07) is 49.8. The normalized spacial score (nSPS) is 11.7. The number of hydrogen-bond donors (Lipinski definition) is 0. The highest BCUT2D eigenvalue weighted by atomic mass is 14.2. The van der Waals surface area contributed by atoms with Gasteiger partial charge in [-0.1, -0.05) is 140 Å². The Bertz CT molecular complexity index is 1870. The first-order valence-electron chi connectivity index (χ1n) is 12.9. The fraction of sp³-hybridized carbons (Fsp3) is 0. The molecule has 0 atom stereocenters. The van der Waals surface area contributed by atoms with Gasteiger partial charge in [-0.05, 0) is 71.8 Å². The van der Waals surface area contributed by atoms with Gasteiger partial charge in [0.2, 0.25) is 0 Å². The molecule has 0 aliphatic carbocycles. The van der Waals surface area contributed by atoms with Crippen LogP contribution in [0.25, 0.3) is 65.7 Å². The Balaban J connectivity index is 1.45. The maximum absolute atomic E-state index is 8.63. The third-order valence-electron chi connectivity index (χ3n) is 7.17. The van der Waals surface area contributed by atoms with Crippen molar-refractivity contribution in [1.29, 1.82) is 0 Å². The average Bonchev–Trinajstić information content (AvgIpc) is 2.96. The lowest BCUT2D eigenvalue weighted by Crippen LogP contribution is -1.90. The Kier molecular flexibility index (Phi) is 4.64. The van der Waals surface area contributed by atoms with Crippen LogP contribution in [0.2, 0.25) is 0 Å². The molecule has 0 aliphatic rings. The predicted molar refractivity (Wildman–Crippen MR) is 155 cm³/mol. The zero-order valence-electron chi connectivity index (χ0n) is 20.8. The van der Waals surface area contributed by atoms with Crippen LogP contribution in [0.4, 0.5) is 0 Å². The van der Waals surface area contributed by atoms with Crippen LogP contribution in [0.1, 0.15) is 1.37 Å². The van der Waals surface area contributed by atoms with E-state index in [0.29, 0.717) is 6.04 Å². The van der Waals surface area contributed by atoms with Crippen molar-refractivity contribution in [3.05, 3.63) is 146 Å². The second-order valence-electron chi connectivity index (χ2n) is 9.26. The van der Waals surface area contributed by atoms with Crippen molar-refractivity contribution >= 4 is 32.3 Å². The molecule has 0 N–H and O–H groups in total. The van der Waals surface area contributed by atoms with Gasteiger partial charge in [0.05, 0.1) is 1.37 Å². The van der Waals surface area contributed by atoms with Gasteiger partial charge in [0.25, 0.3) is 0 Å². The molecule has 0 aromatic heterocycles. The second kappa shape index (κ2) is 8.52. The molecule has 7 aromatic carbocycles. The molecule has 0 spiro atoms. The van der Waals surface area contributed by atoms with Crippen molar-refractivity contribution in [2.45, 2.75) is 0 Å². The highest BCUT2D eigenvalue weighted by Crippen LogP contribution is 2.43. The van der Waals surface area contributed by atoms with Gasteiger partial charge < -0.3 is 0 Å². The SMILES string of the molecule is [2H]c1ccccc1-c1c2ccccc2c(-c2ccc(-c3ccc4ccccc4c3)cc2)c2ccccc12. The molecule has 36 heavy (non-hydrogen) atoms. The highest BCUT2D eigenvalue weighted by Gasteiger charge is 2.16. The number of hydrogen-bond acceptors (Lipinski definition) is 0. The van der Waals surface area contributed by atoms with Crippen molar-refractivity contribution in [2.75, 3.05) is 0 Å². The van der Waals surface area contributed by atoms with E-state index in [-0.39, 0.29) is 0 Å². The number of benzene rings is 7. The third kappa shape index (κ3) is 3.39.